The fourth-order valence-corrected chi connectivity index (χ4v) is 2.07. The van der Waals surface area contributed by atoms with E-state index < -0.39 is 11.9 Å². The number of benzene rings is 2. The molecule has 0 amide bonds. The summed E-state index contributed by atoms with van der Waals surface area (Å²) in [4.78, 5) is 23.5. The van der Waals surface area contributed by atoms with Crippen molar-refractivity contribution in [1.29, 1.82) is 0 Å². The second-order valence-corrected chi connectivity index (χ2v) is 6.06. The minimum Gasteiger partial charge on any atom is -0.494 e. The quantitative estimate of drug-likeness (QED) is 0.197. The van der Waals surface area contributed by atoms with Crippen LogP contribution >= 0.6 is 0 Å². The van der Waals surface area contributed by atoms with E-state index in [0.717, 1.165) is 18.6 Å². The molecule has 2 aromatic rings. The predicted molar refractivity (Wildman–Crippen MR) is 105 cm³/mol. The van der Waals surface area contributed by atoms with Gasteiger partial charge in [-0.1, -0.05) is 19.9 Å². The summed E-state index contributed by atoms with van der Waals surface area (Å²) in [6.07, 6.45) is 2.05. The number of hydrogen-bond acceptors (Lipinski definition) is 6. The van der Waals surface area contributed by atoms with Crippen molar-refractivity contribution in [3.8, 4) is 17.2 Å². The minimum atomic E-state index is -0.521. The first-order chi connectivity index (χ1) is 13.5. The molecule has 2 rings (SSSR count). The van der Waals surface area contributed by atoms with Gasteiger partial charge in [-0.2, -0.15) is 0 Å². The molecule has 0 aliphatic rings. The van der Waals surface area contributed by atoms with Crippen LogP contribution in [0.1, 0.15) is 37.0 Å². The first-order valence-electron chi connectivity index (χ1n) is 9.00. The smallest absolute Gasteiger partial charge is 0.343 e. The van der Waals surface area contributed by atoms with Crippen LogP contribution in [0.5, 0.6) is 17.2 Å². The van der Waals surface area contributed by atoms with E-state index >= 15 is 0 Å². The third-order valence-electron chi connectivity index (χ3n) is 3.65. The molecule has 0 N–H and O–H groups in total. The highest BCUT2D eigenvalue weighted by atomic mass is 16.7. The SMILES string of the molecule is C=C(C)C(=O)OCOc1ccc(OC(=O)c2ccc(OCCCC)cc2)cc1. The van der Waals surface area contributed by atoms with Crippen molar-refractivity contribution in [2.45, 2.75) is 26.7 Å². The summed E-state index contributed by atoms with van der Waals surface area (Å²) >= 11 is 0. The van der Waals surface area contributed by atoms with Crippen molar-refractivity contribution >= 4 is 11.9 Å². The number of rotatable bonds is 10. The number of hydrogen-bond donors (Lipinski definition) is 0. The topological polar surface area (TPSA) is 71.1 Å². The lowest BCUT2D eigenvalue weighted by atomic mass is 10.2. The van der Waals surface area contributed by atoms with Crippen LogP contribution in [0.4, 0.5) is 0 Å². The molecular formula is C22H24O6. The Morgan fingerprint density at radius 2 is 1.46 bits per heavy atom. The largest absolute Gasteiger partial charge is 0.494 e. The molecule has 148 valence electrons. The Bertz CT molecular complexity index is 793. The van der Waals surface area contributed by atoms with Gasteiger partial charge in [0.15, 0.2) is 0 Å². The zero-order valence-corrected chi connectivity index (χ0v) is 16.1. The third-order valence-corrected chi connectivity index (χ3v) is 3.65. The minimum absolute atomic E-state index is 0.225. The van der Waals surface area contributed by atoms with E-state index in [-0.39, 0.29) is 6.79 Å². The van der Waals surface area contributed by atoms with Crippen molar-refractivity contribution in [2.75, 3.05) is 13.4 Å². The molecule has 0 aromatic heterocycles. The molecule has 0 spiro atoms. The second-order valence-electron chi connectivity index (χ2n) is 6.06. The molecule has 0 fully saturated rings. The number of carbonyl (C=O) groups is 2. The van der Waals surface area contributed by atoms with E-state index in [0.29, 0.717) is 29.2 Å². The summed E-state index contributed by atoms with van der Waals surface area (Å²) in [7, 11) is 0. The van der Waals surface area contributed by atoms with E-state index in [1.165, 1.54) is 0 Å². The summed E-state index contributed by atoms with van der Waals surface area (Å²) in [5.41, 5.74) is 0.723. The molecule has 0 atom stereocenters. The molecule has 0 bridgehead atoms. The van der Waals surface area contributed by atoms with Crippen LogP contribution in [0.3, 0.4) is 0 Å². The van der Waals surface area contributed by atoms with Gasteiger partial charge in [0.2, 0.25) is 6.79 Å². The van der Waals surface area contributed by atoms with Crippen LogP contribution in [0, 0.1) is 0 Å². The third kappa shape index (κ3) is 6.79. The van der Waals surface area contributed by atoms with Gasteiger partial charge in [-0.05, 0) is 61.9 Å². The highest BCUT2D eigenvalue weighted by Crippen LogP contribution is 2.20. The van der Waals surface area contributed by atoms with Crippen LogP contribution in [-0.2, 0) is 9.53 Å². The van der Waals surface area contributed by atoms with Crippen LogP contribution in [0.2, 0.25) is 0 Å². The molecule has 6 nitrogen and oxygen atoms in total. The van der Waals surface area contributed by atoms with Crippen LogP contribution < -0.4 is 14.2 Å². The van der Waals surface area contributed by atoms with Crippen LogP contribution in [0.25, 0.3) is 0 Å². The van der Waals surface area contributed by atoms with Crippen molar-refractivity contribution in [1.82, 2.24) is 0 Å². The summed E-state index contributed by atoms with van der Waals surface area (Å²) in [6, 6.07) is 13.2. The van der Waals surface area contributed by atoms with Gasteiger partial charge < -0.3 is 18.9 Å². The number of esters is 2. The monoisotopic (exact) mass is 384 g/mol. The van der Waals surface area contributed by atoms with E-state index in [9.17, 15) is 9.59 Å². The molecular weight excluding hydrogens is 360 g/mol. The molecule has 0 radical (unpaired) electrons. The van der Waals surface area contributed by atoms with Crippen molar-refractivity contribution in [3.63, 3.8) is 0 Å². The fraction of sp³-hybridized carbons (Fsp3) is 0.273. The van der Waals surface area contributed by atoms with Crippen molar-refractivity contribution in [2.24, 2.45) is 0 Å². The fourth-order valence-electron chi connectivity index (χ4n) is 2.07. The Balaban J connectivity index is 1.83. The number of ether oxygens (including phenoxy) is 4. The predicted octanol–water partition coefficient (Wildman–Crippen LogP) is 4.54. The van der Waals surface area contributed by atoms with Gasteiger partial charge >= 0.3 is 11.9 Å². The Labute approximate surface area is 164 Å². The van der Waals surface area contributed by atoms with Gasteiger partial charge in [-0.15, -0.1) is 0 Å². The van der Waals surface area contributed by atoms with Gasteiger partial charge in [0.25, 0.3) is 0 Å². The number of carbonyl (C=O) groups excluding carboxylic acids is 2. The lowest BCUT2D eigenvalue weighted by molar-refractivity contribution is -0.145. The highest BCUT2D eigenvalue weighted by Gasteiger charge is 2.09. The van der Waals surface area contributed by atoms with Gasteiger partial charge in [-0.25, -0.2) is 9.59 Å². The van der Waals surface area contributed by atoms with Crippen molar-refractivity contribution < 1.29 is 28.5 Å². The van der Waals surface area contributed by atoms with E-state index in [2.05, 4.69) is 13.5 Å². The Kier molecular flexibility index (Phi) is 8.09. The molecule has 0 aliphatic carbocycles. The molecule has 0 saturated heterocycles. The zero-order chi connectivity index (χ0) is 20.4. The molecule has 28 heavy (non-hydrogen) atoms. The molecule has 2 aromatic carbocycles. The lowest BCUT2D eigenvalue weighted by Crippen LogP contribution is -2.11. The van der Waals surface area contributed by atoms with Gasteiger partial charge in [0, 0.05) is 5.57 Å². The summed E-state index contributed by atoms with van der Waals surface area (Å²) in [6.45, 7) is 7.56. The summed E-state index contributed by atoms with van der Waals surface area (Å²) in [5.74, 6) is 0.581. The average Bonchev–Trinajstić information content (AvgIpc) is 2.70. The summed E-state index contributed by atoms with van der Waals surface area (Å²) in [5, 5.41) is 0. The maximum atomic E-state index is 12.2. The van der Waals surface area contributed by atoms with Crippen LogP contribution in [0.15, 0.2) is 60.7 Å². The van der Waals surface area contributed by atoms with Crippen LogP contribution in [-0.4, -0.2) is 25.3 Å². The molecule has 0 unspecified atom stereocenters. The Morgan fingerprint density at radius 1 is 0.893 bits per heavy atom. The average molecular weight is 384 g/mol. The Morgan fingerprint density at radius 3 is 2.07 bits per heavy atom. The first kappa shape index (κ1) is 21.0. The second kappa shape index (κ2) is 10.8. The molecule has 0 heterocycles. The van der Waals surface area contributed by atoms with Gasteiger partial charge in [-0.3, -0.25) is 0 Å². The molecule has 0 aliphatic heterocycles. The van der Waals surface area contributed by atoms with Crippen molar-refractivity contribution in [3.05, 3.63) is 66.2 Å². The van der Waals surface area contributed by atoms with Gasteiger partial charge in [0.1, 0.15) is 17.2 Å². The lowest BCUT2D eigenvalue weighted by Gasteiger charge is -2.09. The maximum absolute atomic E-state index is 12.2. The molecule has 6 heteroatoms. The normalized spacial score (nSPS) is 10.1. The van der Waals surface area contributed by atoms with E-state index in [1.54, 1.807) is 55.5 Å². The van der Waals surface area contributed by atoms with E-state index in [1.807, 2.05) is 0 Å². The summed E-state index contributed by atoms with van der Waals surface area (Å²) < 4.78 is 21.0. The zero-order valence-electron chi connectivity index (χ0n) is 16.1. The molecule has 0 saturated carbocycles. The first-order valence-corrected chi connectivity index (χ1v) is 9.00. The number of unbranched alkanes of at least 4 members (excludes halogenated alkanes) is 1. The van der Waals surface area contributed by atoms with E-state index in [4.69, 9.17) is 18.9 Å². The standard InChI is InChI=1S/C22H24O6/c1-4-5-14-25-18-8-6-17(7-9-18)22(24)28-20-12-10-19(11-13-20)26-15-27-21(23)16(2)3/h6-13H,2,4-5,14-15H2,1,3H3. The van der Waals surface area contributed by atoms with Gasteiger partial charge in [0.05, 0.1) is 12.2 Å². The Hall–Kier alpha value is -3.28. The maximum Gasteiger partial charge on any atom is 0.343 e. The highest BCUT2D eigenvalue weighted by molar-refractivity contribution is 5.91.